The van der Waals surface area contributed by atoms with Crippen LogP contribution in [-0.2, 0) is 0 Å². The molecule has 2 fully saturated rings. The lowest BCUT2D eigenvalue weighted by Gasteiger charge is -2.34. The molecule has 2 rings (SSSR count). The first-order valence-corrected chi connectivity index (χ1v) is 7.21. The maximum Gasteiger partial charge on any atom is 0.00822 e. The molecule has 0 aromatic carbocycles. The molecule has 0 bridgehead atoms. The third-order valence-corrected chi connectivity index (χ3v) is 4.23. The van der Waals surface area contributed by atoms with Crippen LogP contribution >= 0.6 is 0 Å². The molecule has 1 saturated carbocycles. The van der Waals surface area contributed by atoms with Crippen molar-refractivity contribution in [1.29, 1.82) is 0 Å². The molecule has 2 heteroatoms. The van der Waals surface area contributed by atoms with Gasteiger partial charge in [-0.05, 0) is 63.5 Å². The van der Waals surface area contributed by atoms with E-state index in [0.717, 1.165) is 23.9 Å². The molecule has 3 unspecified atom stereocenters. The normalized spacial score (nSPS) is 41.6. The van der Waals surface area contributed by atoms with Crippen molar-refractivity contribution in [3.05, 3.63) is 0 Å². The Morgan fingerprint density at radius 2 is 1.62 bits per heavy atom. The minimum Gasteiger partial charge on any atom is -0.317 e. The molecule has 94 valence electrons. The highest BCUT2D eigenvalue weighted by molar-refractivity contribution is 4.83. The van der Waals surface area contributed by atoms with Gasteiger partial charge in [-0.3, -0.25) is 0 Å². The van der Waals surface area contributed by atoms with Gasteiger partial charge in [0.1, 0.15) is 0 Å². The molecule has 1 saturated heterocycles. The van der Waals surface area contributed by atoms with Crippen molar-refractivity contribution in [2.45, 2.75) is 64.5 Å². The molecule has 0 aromatic heterocycles. The zero-order valence-corrected chi connectivity index (χ0v) is 11.0. The summed E-state index contributed by atoms with van der Waals surface area (Å²) in [7, 11) is 0. The molecule has 2 aliphatic rings. The standard InChI is InChI=1S/C14H28N2/c1-11-8-12(2)10-14(9-11)16-13-4-3-6-15-7-5-13/h11-16H,3-10H2,1-2H3. The van der Waals surface area contributed by atoms with Crippen LogP contribution in [0.1, 0.15) is 52.4 Å². The molecule has 1 aliphatic carbocycles. The average molecular weight is 224 g/mol. The molecular formula is C14H28N2. The van der Waals surface area contributed by atoms with Gasteiger partial charge >= 0.3 is 0 Å². The van der Waals surface area contributed by atoms with E-state index in [-0.39, 0.29) is 0 Å². The van der Waals surface area contributed by atoms with Crippen molar-refractivity contribution >= 4 is 0 Å². The van der Waals surface area contributed by atoms with E-state index >= 15 is 0 Å². The molecule has 0 aromatic rings. The summed E-state index contributed by atoms with van der Waals surface area (Å²) in [5.74, 6) is 1.84. The number of hydrogen-bond acceptors (Lipinski definition) is 2. The largest absolute Gasteiger partial charge is 0.317 e. The Labute approximate surface area is 101 Å². The van der Waals surface area contributed by atoms with Gasteiger partial charge < -0.3 is 10.6 Å². The van der Waals surface area contributed by atoms with E-state index < -0.39 is 0 Å². The number of nitrogens with one attached hydrogen (secondary N) is 2. The Kier molecular flexibility index (Phi) is 4.66. The molecule has 1 heterocycles. The summed E-state index contributed by atoms with van der Waals surface area (Å²) in [6, 6.07) is 1.57. The maximum absolute atomic E-state index is 3.92. The van der Waals surface area contributed by atoms with Crippen molar-refractivity contribution < 1.29 is 0 Å². The molecule has 2 N–H and O–H groups in total. The van der Waals surface area contributed by atoms with Crippen LogP contribution in [0.15, 0.2) is 0 Å². The lowest BCUT2D eigenvalue weighted by molar-refractivity contribution is 0.221. The topological polar surface area (TPSA) is 24.1 Å². The fraction of sp³-hybridized carbons (Fsp3) is 1.00. The second kappa shape index (κ2) is 6.02. The van der Waals surface area contributed by atoms with Gasteiger partial charge in [0.15, 0.2) is 0 Å². The maximum atomic E-state index is 3.92. The van der Waals surface area contributed by atoms with Crippen LogP contribution in [0.4, 0.5) is 0 Å². The van der Waals surface area contributed by atoms with E-state index in [1.165, 1.54) is 51.6 Å². The minimum atomic E-state index is 0.775. The van der Waals surface area contributed by atoms with Crippen LogP contribution in [0.3, 0.4) is 0 Å². The molecule has 2 nitrogen and oxygen atoms in total. The third-order valence-electron chi connectivity index (χ3n) is 4.23. The lowest BCUT2D eigenvalue weighted by atomic mass is 9.80. The third kappa shape index (κ3) is 3.74. The molecule has 0 radical (unpaired) electrons. The Bertz CT molecular complexity index is 187. The van der Waals surface area contributed by atoms with E-state index in [9.17, 15) is 0 Å². The highest BCUT2D eigenvalue weighted by atomic mass is 15.0. The summed E-state index contributed by atoms with van der Waals surface area (Å²) in [6.07, 6.45) is 8.26. The van der Waals surface area contributed by atoms with Gasteiger partial charge in [-0.2, -0.15) is 0 Å². The predicted molar refractivity (Wildman–Crippen MR) is 69.6 cm³/mol. The van der Waals surface area contributed by atoms with Crippen LogP contribution in [0.2, 0.25) is 0 Å². The molecule has 16 heavy (non-hydrogen) atoms. The zero-order chi connectivity index (χ0) is 11.4. The Morgan fingerprint density at radius 1 is 0.875 bits per heavy atom. The predicted octanol–water partition coefficient (Wildman–Crippen LogP) is 2.54. The number of rotatable bonds is 2. The van der Waals surface area contributed by atoms with Crippen LogP contribution < -0.4 is 10.6 Å². The second-order valence-corrected chi connectivity index (χ2v) is 6.16. The van der Waals surface area contributed by atoms with Gasteiger partial charge in [0.05, 0.1) is 0 Å². The van der Waals surface area contributed by atoms with Crippen LogP contribution in [0.25, 0.3) is 0 Å². The highest BCUT2D eigenvalue weighted by Crippen LogP contribution is 2.29. The van der Waals surface area contributed by atoms with E-state index in [4.69, 9.17) is 0 Å². The van der Waals surface area contributed by atoms with Crippen molar-refractivity contribution in [3.8, 4) is 0 Å². The summed E-state index contributed by atoms with van der Waals surface area (Å²) in [4.78, 5) is 0. The van der Waals surface area contributed by atoms with Crippen molar-refractivity contribution in [2.75, 3.05) is 13.1 Å². The Morgan fingerprint density at radius 3 is 2.38 bits per heavy atom. The van der Waals surface area contributed by atoms with E-state index in [1.54, 1.807) is 0 Å². The van der Waals surface area contributed by atoms with Gasteiger partial charge in [-0.25, -0.2) is 0 Å². The summed E-state index contributed by atoms with van der Waals surface area (Å²) in [5, 5.41) is 7.41. The first-order chi connectivity index (χ1) is 7.74. The van der Waals surface area contributed by atoms with Crippen LogP contribution in [-0.4, -0.2) is 25.2 Å². The van der Waals surface area contributed by atoms with E-state index in [1.807, 2.05) is 0 Å². The van der Waals surface area contributed by atoms with Gasteiger partial charge in [-0.15, -0.1) is 0 Å². The smallest absolute Gasteiger partial charge is 0.00822 e. The average Bonchev–Trinajstić information content (AvgIpc) is 2.44. The second-order valence-electron chi connectivity index (χ2n) is 6.16. The summed E-state index contributed by atoms with van der Waals surface area (Å²) >= 11 is 0. The quantitative estimate of drug-likeness (QED) is 0.753. The minimum absolute atomic E-state index is 0.775. The fourth-order valence-corrected chi connectivity index (χ4v) is 3.60. The molecule has 0 amide bonds. The number of hydrogen-bond donors (Lipinski definition) is 2. The summed E-state index contributed by atoms with van der Waals surface area (Å²) < 4.78 is 0. The van der Waals surface area contributed by atoms with Crippen LogP contribution in [0, 0.1) is 11.8 Å². The van der Waals surface area contributed by atoms with Crippen molar-refractivity contribution in [1.82, 2.24) is 10.6 Å². The molecular weight excluding hydrogens is 196 g/mol. The van der Waals surface area contributed by atoms with E-state index in [0.29, 0.717) is 0 Å². The SMILES string of the molecule is CC1CC(C)CC(NC2CCCNCC2)C1. The van der Waals surface area contributed by atoms with Crippen molar-refractivity contribution in [3.63, 3.8) is 0 Å². The fourth-order valence-electron chi connectivity index (χ4n) is 3.60. The zero-order valence-electron chi connectivity index (χ0n) is 11.0. The molecule has 3 atom stereocenters. The molecule has 0 spiro atoms. The van der Waals surface area contributed by atoms with Gasteiger partial charge in [-0.1, -0.05) is 13.8 Å². The first kappa shape index (κ1) is 12.4. The highest BCUT2D eigenvalue weighted by Gasteiger charge is 2.25. The van der Waals surface area contributed by atoms with Gasteiger partial charge in [0.25, 0.3) is 0 Å². The van der Waals surface area contributed by atoms with Crippen molar-refractivity contribution in [2.24, 2.45) is 11.8 Å². The Hall–Kier alpha value is -0.0800. The summed E-state index contributed by atoms with van der Waals surface area (Å²) in [5.41, 5.74) is 0. The van der Waals surface area contributed by atoms with Gasteiger partial charge in [0.2, 0.25) is 0 Å². The first-order valence-electron chi connectivity index (χ1n) is 7.21. The van der Waals surface area contributed by atoms with Crippen LogP contribution in [0.5, 0.6) is 0 Å². The Balaban J connectivity index is 1.78. The monoisotopic (exact) mass is 224 g/mol. The molecule has 1 aliphatic heterocycles. The van der Waals surface area contributed by atoms with Gasteiger partial charge in [0, 0.05) is 12.1 Å². The lowest BCUT2D eigenvalue weighted by Crippen LogP contribution is -2.42. The van der Waals surface area contributed by atoms with E-state index in [2.05, 4.69) is 24.5 Å². The summed E-state index contributed by atoms with van der Waals surface area (Å²) in [6.45, 7) is 7.25.